The molecule has 0 saturated heterocycles. The second-order valence-corrected chi connectivity index (χ2v) is 5.25. The SMILES string of the molecule is Cc1ccc(F)cc1Nc1nc2ccc(F)cc2s1. The summed E-state index contributed by atoms with van der Waals surface area (Å²) in [7, 11) is 0. The van der Waals surface area contributed by atoms with Gasteiger partial charge in [-0.1, -0.05) is 17.4 Å². The summed E-state index contributed by atoms with van der Waals surface area (Å²) in [4.78, 5) is 4.34. The van der Waals surface area contributed by atoms with Crippen LogP contribution in [0.15, 0.2) is 36.4 Å². The molecule has 19 heavy (non-hydrogen) atoms. The average molecular weight is 276 g/mol. The van der Waals surface area contributed by atoms with Crippen molar-refractivity contribution < 1.29 is 8.78 Å². The number of aromatic nitrogens is 1. The van der Waals surface area contributed by atoms with Gasteiger partial charge in [0.15, 0.2) is 5.13 Å². The normalized spacial score (nSPS) is 10.9. The molecule has 5 heteroatoms. The molecule has 2 aromatic carbocycles. The molecule has 3 aromatic rings. The molecule has 0 aliphatic rings. The van der Waals surface area contributed by atoms with Crippen LogP contribution in [0.1, 0.15) is 5.56 Å². The molecule has 1 heterocycles. The van der Waals surface area contributed by atoms with Crippen LogP contribution in [0.25, 0.3) is 10.2 Å². The summed E-state index contributed by atoms with van der Waals surface area (Å²) in [5, 5.41) is 3.69. The van der Waals surface area contributed by atoms with Crippen LogP contribution >= 0.6 is 11.3 Å². The van der Waals surface area contributed by atoms with Crippen molar-refractivity contribution >= 4 is 32.4 Å². The highest BCUT2D eigenvalue weighted by atomic mass is 32.1. The van der Waals surface area contributed by atoms with E-state index >= 15 is 0 Å². The van der Waals surface area contributed by atoms with Crippen LogP contribution in [-0.2, 0) is 0 Å². The third-order valence-electron chi connectivity index (χ3n) is 2.79. The number of rotatable bonds is 2. The maximum atomic E-state index is 13.2. The zero-order valence-corrected chi connectivity index (χ0v) is 10.9. The lowest BCUT2D eigenvalue weighted by Gasteiger charge is -2.05. The molecule has 0 saturated carbocycles. The maximum absolute atomic E-state index is 13.2. The van der Waals surface area contributed by atoms with Crippen LogP contribution in [0.3, 0.4) is 0 Å². The Balaban J connectivity index is 1.98. The van der Waals surface area contributed by atoms with Gasteiger partial charge in [-0.15, -0.1) is 0 Å². The Kier molecular flexibility index (Phi) is 2.91. The van der Waals surface area contributed by atoms with Gasteiger partial charge >= 0.3 is 0 Å². The lowest BCUT2D eigenvalue weighted by Crippen LogP contribution is -1.93. The quantitative estimate of drug-likeness (QED) is 0.738. The molecule has 2 nitrogen and oxygen atoms in total. The summed E-state index contributed by atoms with van der Waals surface area (Å²) in [6, 6.07) is 8.97. The van der Waals surface area contributed by atoms with Gasteiger partial charge in [0.25, 0.3) is 0 Å². The van der Waals surface area contributed by atoms with Crippen LogP contribution in [-0.4, -0.2) is 4.98 Å². The molecule has 0 fully saturated rings. The van der Waals surface area contributed by atoms with E-state index in [0.29, 0.717) is 10.8 Å². The van der Waals surface area contributed by atoms with Gasteiger partial charge < -0.3 is 5.32 Å². The summed E-state index contributed by atoms with van der Waals surface area (Å²) < 4.78 is 27.1. The first kappa shape index (κ1) is 12.0. The molecule has 0 aliphatic carbocycles. The molecule has 0 amide bonds. The molecule has 0 aliphatic heterocycles. The van der Waals surface area contributed by atoms with Gasteiger partial charge in [0.1, 0.15) is 11.6 Å². The van der Waals surface area contributed by atoms with Gasteiger partial charge in [0, 0.05) is 5.69 Å². The summed E-state index contributed by atoms with van der Waals surface area (Å²) >= 11 is 1.34. The van der Waals surface area contributed by atoms with Gasteiger partial charge in [-0.05, 0) is 42.8 Å². The Labute approximate surface area is 112 Å². The van der Waals surface area contributed by atoms with Crippen molar-refractivity contribution in [3.05, 3.63) is 53.6 Å². The summed E-state index contributed by atoms with van der Waals surface area (Å²) in [6.45, 7) is 1.88. The predicted octanol–water partition coefficient (Wildman–Crippen LogP) is 4.63. The maximum Gasteiger partial charge on any atom is 0.188 e. The fourth-order valence-corrected chi connectivity index (χ4v) is 2.70. The van der Waals surface area contributed by atoms with Crippen LogP contribution < -0.4 is 5.32 Å². The summed E-state index contributed by atoms with van der Waals surface area (Å²) in [6.07, 6.45) is 0. The number of nitrogens with one attached hydrogen (secondary N) is 1. The van der Waals surface area contributed by atoms with Gasteiger partial charge in [-0.2, -0.15) is 0 Å². The van der Waals surface area contributed by atoms with E-state index in [1.54, 1.807) is 12.1 Å². The van der Waals surface area contributed by atoms with Crippen molar-refractivity contribution in [2.75, 3.05) is 5.32 Å². The average Bonchev–Trinajstić information content (AvgIpc) is 2.75. The summed E-state index contributed by atoms with van der Waals surface area (Å²) in [5.74, 6) is -0.593. The third-order valence-corrected chi connectivity index (χ3v) is 3.73. The van der Waals surface area contributed by atoms with Crippen molar-refractivity contribution in [1.82, 2.24) is 4.98 Å². The van der Waals surface area contributed by atoms with E-state index in [0.717, 1.165) is 15.8 Å². The van der Waals surface area contributed by atoms with Gasteiger partial charge in [0.05, 0.1) is 10.2 Å². The Hall–Kier alpha value is -2.01. The number of benzene rings is 2. The van der Waals surface area contributed by atoms with E-state index in [1.165, 1.54) is 35.6 Å². The molecular formula is C14H10F2N2S. The lowest BCUT2D eigenvalue weighted by molar-refractivity contribution is 0.628. The molecule has 1 N–H and O–H groups in total. The molecule has 0 atom stereocenters. The molecule has 0 unspecified atom stereocenters. The number of anilines is 2. The number of nitrogens with zero attached hydrogens (tertiary/aromatic N) is 1. The largest absolute Gasteiger partial charge is 0.331 e. The number of fused-ring (bicyclic) bond motifs is 1. The molecule has 0 bridgehead atoms. The molecule has 3 rings (SSSR count). The van der Waals surface area contributed by atoms with Crippen LogP contribution in [0.5, 0.6) is 0 Å². The van der Waals surface area contributed by atoms with E-state index in [4.69, 9.17) is 0 Å². The van der Waals surface area contributed by atoms with Crippen molar-refractivity contribution in [2.45, 2.75) is 6.92 Å². The second-order valence-electron chi connectivity index (χ2n) is 4.22. The van der Waals surface area contributed by atoms with Crippen molar-refractivity contribution in [3.63, 3.8) is 0 Å². The fraction of sp³-hybridized carbons (Fsp3) is 0.0714. The van der Waals surface area contributed by atoms with Crippen molar-refractivity contribution in [3.8, 4) is 0 Å². The van der Waals surface area contributed by atoms with E-state index in [1.807, 2.05) is 6.92 Å². The monoisotopic (exact) mass is 276 g/mol. The molecule has 0 spiro atoms. The molecular weight excluding hydrogens is 266 g/mol. The van der Waals surface area contributed by atoms with Crippen LogP contribution in [0.2, 0.25) is 0 Å². The van der Waals surface area contributed by atoms with Gasteiger partial charge in [-0.3, -0.25) is 0 Å². The zero-order valence-electron chi connectivity index (χ0n) is 10.1. The Morgan fingerprint density at radius 2 is 1.79 bits per heavy atom. The minimum Gasteiger partial charge on any atom is -0.331 e. The molecule has 96 valence electrons. The van der Waals surface area contributed by atoms with E-state index in [2.05, 4.69) is 10.3 Å². The van der Waals surface area contributed by atoms with E-state index in [9.17, 15) is 8.78 Å². The third kappa shape index (κ3) is 2.42. The van der Waals surface area contributed by atoms with Crippen molar-refractivity contribution in [2.24, 2.45) is 0 Å². The Morgan fingerprint density at radius 3 is 2.63 bits per heavy atom. The topological polar surface area (TPSA) is 24.9 Å². The molecule has 1 aromatic heterocycles. The van der Waals surface area contributed by atoms with Gasteiger partial charge in [0.2, 0.25) is 0 Å². The number of thiazole rings is 1. The van der Waals surface area contributed by atoms with Crippen molar-refractivity contribution in [1.29, 1.82) is 0 Å². The Morgan fingerprint density at radius 1 is 1.05 bits per heavy atom. The Bertz CT molecular complexity index is 752. The number of hydrogen-bond donors (Lipinski definition) is 1. The van der Waals surface area contributed by atoms with E-state index < -0.39 is 0 Å². The minimum atomic E-state index is -0.305. The zero-order chi connectivity index (χ0) is 13.4. The second kappa shape index (κ2) is 4.59. The number of halogens is 2. The predicted molar refractivity (Wildman–Crippen MR) is 74.0 cm³/mol. The summed E-state index contributed by atoms with van der Waals surface area (Å²) in [5.41, 5.74) is 2.31. The first-order valence-corrected chi connectivity index (χ1v) is 6.53. The first-order chi connectivity index (χ1) is 9.11. The fourth-order valence-electron chi connectivity index (χ4n) is 1.80. The lowest BCUT2D eigenvalue weighted by atomic mass is 10.2. The highest BCUT2D eigenvalue weighted by Crippen LogP contribution is 2.30. The molecule has 0 radical (unpaired) electrons. The highest BCUT2D eigenvalue weighted by Gasteiger charge is 2.07. The first-order valence-electron chi connectivity index (χ1n) is 5.71. The number of aryl methyl sites for hydroxylation is 1. The van der Waals surface area contributed by atoms with Crippen LogP contribution in [0.4, 0.5) is 19.6 Å². The minimum absolute atomic E-state index is 0.287. The van der Waals surface area contributed by atoms with Crippen LogP contribution in [0, 0.1) is 18.6 Å². The smallest absolute Gasteiger partial charge is 0.188 e. The van der Waals surface area contributed by atoms with E-state index in [-0.39, 0.29) is 11.6 Å². The highest BCUT2D eigenvalue weighted by molar-refractivity contribution is 7.22. The standard InChI is InChI=1S/C14H10F2N2S/c1-8-2-3-9(15)6-12(8)18-14-17-11-5-4-10(16)7-13(11)19-14/h2-7H,1H3,(H,17,18). The van der Waals surface area contributed by atoms with Gasteiger partial charge in [-0.25, -0.2) is 13.8 Å². The number of hydrogen-bond acceptors (Lipinski definition) is 3.